The monoisotopic (exact) mass is 299 g/mol. The minimum atomic E-state index is -1.19. The third-order valence-electron chi connectivity index (χ3n) is 2.34. The Hall–Kier alpha value is -1.96. The second-order valence-electron chi connectivity index (χ2n) is 4.68. The third-order valence-corrected chi connectivity index (χ3v) is 3.18. The average Bonchev–Trinajstić information content (AvgIpc) is 2.85. The number of carbonyl (C=O) groups excluding carboxylic acids is 2. The lowest BCUT2D eigenvalue weighted by atomic mass is 10.2. The van der Waals surface area contributed by atoms with Crippen molar-refractivity contribution in [1.29, 1.82) is 0 Å². The van der Waals surface area contributed by atoms with Crippen LogP contribution in [0.2, 0.25) is 0 Å². The van der Waals surface area contributed by atoms with Crippen LogP contribution >= 0.6 is 11.3 Å². The number of carboxylic acid groups (broad SMARTS) is 1. The Balaban J connectivity index is 2.56. The van der Waals surface area contributed by atoms with Crippen LogP contribution in [0.1, 0.15) is 41.1 Å². The molecule has 0 aliphatic carbocycles. The molecule has 1 rings (SSSR count). The van der Waals surface area contributed by atoms with Crippen LogP contribution in [0, 0.1) is 5.92 Å². The van der Waals surface area contributed by atoms with E-state index in [2.05, 4.69) is 15.6 Å². The minimum absolute atomic E-state index is 0.0194. The number of rotatable bonds is 6. The fraction of sp³-hybridized carbons (Fsp3) is 0.500. The highest BCUT2D eigenvalue weighted by molar-refractivity contribution is 7.11. The molecule has 1 unspecified atom stereocenters. The molecule has 1 heterocycles. The number of aromatic nitrogens is 1. The van der Waals surface area contributed by atoms with E-state index in [1.807, 2.05) is 13.8 Å². The lowest BCUT2D eigenvalue weighted by Gasteiger charge is -2.14. The van der Waals surface area contributed by atoms with Gasteiger partial charge in [-0.15, -0.1) is 11.3 Å². The molecule has 20 heavy (non-hydrogen) atoms. The number of nitrogens with zero attached hydrogens (tertiary/aromatic N) is 1. The van der Waals surface area contributed by atoms with Gasteiger partial charge < -0.3 is 15.7 Å². The van der Waals surface area contributed by atoms with Crippen molar-refractivity contribution in [1.82, 2.24) is 15.6 Å². The van der Waals surface area contributed by atoms with Crippen molar-refractivity contribution in [3.63, 3.8) is 0 Å². The minimum Gasteiger partial charge on any atom is -0.476 e. The van der Waals surface area contributed by atoms with Crippen molar-refractivity contribution in [2.75, 3.05) is 6.54 Å². The lowest BCUT2D eigenvalue weighted by molar-refractivity contribution is -0.122. The van der Waals surface area contributed by atoms with Crippen molar-refractivity contribution in [2.24, 2.45) is 5.92 Å². The van der Waals surface area contributed by atoms with Crippen molar-refractivity contribution in [2.45, 2.75) is 26.8 Å². The molecule has 1 aromatic heterocycles. The number of hydrogen-bond donors (Lipinski definition) is 3. The molecule has 0 aliphatic heterocycles. The van der Waals surface area contributed by atoms with Gasteiger partial charge in [0.25, 0.3) is 5.91 Å². The van der Waals surface area contributed by atoms with Gasteiger partial charge in [0.15, 0.2) is 10.7 Å². The van der Waals surface area contributed by atoms with E-state index in [1.165, 1.54) is 5.38 Å². The first-order chi connectivity index (χ1) is 9.31. The lowest BCUT2D eigenvalue weighted by Crippen LogP contribution is -2.45. The van der Waals surface area contributed by atoms with E-state index < -0.39 is 17.9 Å². The van der Waals surface area contributed by atoms with Crippen molar-refractivity contribution >= 4 is 29.1 Å². The van der Waals surface area contributed by atoms with E-state index in [0.29, 0.717) is 12.5 Å². The van der Waals surface area contributed by atoms with Crippen molar-refractivity contribution < 1.29 is 19.5 Å². The molecular formula is C12H17N3O4S. The van der Waals surface area contributed by atoms with Gasteiger partial charge in [0.2, 0.25) is 5.91 Å². The molecule has 1 atom stereocenters. The van der Waals surface area contributed by atoms with Gasteiger partial charge >= 0.3 is 5.97 Å². The van der Waals surface area contributed by atoms with Gasteiger partial charge in [-0.1, -0.05) is 13.8 Å². The number of carboxylic acids is 1. The molecule has 3 N–H and O–H groups in total. The van der Waals surface area contributed by atoms with E-state index >= 15 is 0 Å². The average molecular weight is 299 g/mol. The summed E-state index contributed by atoms with van der Waals surface area (Å²) in [6.07, 6.45) is 0. The summed E-state index contributed by atoms with van der Waals surface area (Å²) in [4.78, 5) is 37.8. The topological polar surface area (TPSA) is 108 Å². The number of nitrogens with one attached hydrogen (secondary N) is 2. The Morgan fingerprint density at radius 2 is 2.00 bits per heavy atom. The Kier molecular flexibility index (Phi) is 5.63. The predicted molar refractivity (Wildman–Crippen MR) is 73.8 cm³/mol. The Morgan fingerprint density at radius 1 is 1.35 bits per heavy atom. The molecule has 2 amide bonds. The van der Waals surface area contributed by atoms with Crippen LogP contribution in [0.15, 0.2) is 5.38 Å². The van der Waals surface area contributed by atoms with Crippen LogP contribution in [0.3, 0.4) is 0 Å². The largest absolute Gasteiger partial charge is 0.476 e. The molecule has 0 aromatic carbocycles. The van der Waals surface area contributed by atoms with Crippen LogP contribution in [0.25, 0.3) is 0 Å². The van der Waals surface area contributed by atoms with Gasteiger partial charge in [-0.2, -0.15) is 0 Å². The second kappa shape index (κ2) is 6.99. The molecule has 0 spiro atoms. The third kappa shape index (κ3) is 4.61. The number of carbonyl (C=O) groups is 3. The molecule has 0 aliphatic rings. The first kappa shape index (κ1) is 16.1. The maximum atomic E-state index is 11.8. The molecule has 7 nitrogen and oxygen atoms in total. The highest BCUT2D eigenvalue weighted by Gasteiger charge is 2.19. The molecule has 1 aromatic rings. The van der Waals surface area contributed by atoms with Gasteiger partial charge in [-0.25, -0.2) is 9.78 Å². The number of thiazole rings is 1. The zero-order valence-corrected chi connectivity index (χ0v) is 12.3. The summed E-state index contributed by atoms with van der Waals surface area (Å²) in [5.74, 6) is -1.72. The SMILES string of the molecule is CC(C)CNC(=O)C(C)NC(=O)c1nc(C(=O)O)cs1. The zero-order chi connectivity index (χ0) is 15.3. The number of amides is 2. The molecule has 0 saturated carbocycles. The normalized spacial score (nSPS) is 12.0. The summed E-state index contributed by atoms with van der Waals surface area (Å²) in [5, 5.41) is 15.2. The van der Waals surface area contributed by atoms with Gasteiger partial charge in [0, 0.05) is 11.9 Å². The maximum absolute atomic E-state index is 11.8. The van der Waals surface area contributed by atoms with E-state index in [9.17, 15) is 14.4 Å². The van der Waals surface area contributed by atoms with Gasteiger partial charge in [0.05, 0.1) is 0 Å². The summed E-state index contributed by atoms with van der Waals surface area (Å²) in [6, 6.07) is -0.710. The quantitative estimate of drug-likeness (QED) is 0.717. The van der Waals surface area contributed by atoms with Crippen LogP contribution in [-0.4, -0.2) is 40.5 Å². The Morgan fingerprint density at radius 3 is 2.50 bits per heavy atom. The fourth-order valence-corrected chi connectivity index (χ4v) is 1.95. The number of aromatic carboxylic acids is 1. The highest BCUT2D eigenvalue weighted by atomic mass is 32.1. The molecule has 8 heteroatoms. The highest BCUT2D eigenvalue weighted by Crippen LogP contribution is 2.09. The Bertz CT molecular complexity index is 513. The zero-order valence-electron chi connectivity index (χ0n) is 11.5. The predicted octanol–water partition coefficient (Wildman–Crippen LogP) is 0.732. The van der Waals surface area contributed by atoms with Gasteiger partial charge in [-0.3, -0.25) is 9.59 Å². The standard InChI is InChI=1S/C12H17N3O4S/c1-6(2)4-13-9(16)7(3)14-10(17)11-15-8(5-20-11)12(18)19/h5-7H,4H2,1-3H3,(H,13,16)(H,14,17)(H,18,19). The van der Waals surface area contributed by atoms with Crippen LogP contribution in [0.4, 0.5) is 0 Å². The van der Waals surface area contributed by atoms with Crippen LogP contribution in [-0.2, 0) is 4.79 Å². The smallest absolute Gasteiger partial charge is 0.355 e. The maximum Gasteiger partial charge on any atom is 0.355 e. The summed E-state index contributed by atoms with van der Waals surface area (Å²) in [5.41, 5.74) is -0.183. The first-order valence-electron chi connectivity index (χ1n) is 6.08. The van der Waals surface area contributed by atoms with Crippen LogP contribution < -0.4 is 10.6 Å². The van der Waals surface area contributed by atoms with Gasteiger partial charge in [-0.05, 0) is 12.8 Å². The first-order valence-corrected chi connectivity index (χ1v) is 6.96. The molecule has 0 radical (unpaired) electrons. The fourth-order valence-electron chi connectivity index (χ4n) is 1.26. The van der Waals surface area contributed by atoms with Crippen LogP contribution in [0.5, 0.6) is 0 Å². The summed E-state index contributed by atoms with van der Waals surface area (Å²) in [7, 11) is 0. The van der Waals surface area contributed by atoms with Crippen molar-refractivity contribution in [3.05, 3.63) is 16.1 Å². The Labute approximate surface area is 120 Å². The van der Waals surface area contributed by atoms with E-state index in [1.54, 1.807) is 6.92 Å². The summed E-state index contributed by atoms with van der Waals surface area (Å²) >= 11 is 0.922. The van der Waals surface area contributed by atoms with E-state index in [0.717, 1.165) is 11.3 Å². The van der Waals surface area contributed by atoms with Crippen molar-refractivity contribution in [3.8, 4) is 0 Å². The summed E-state index contributed by atoms with van der Waals surface area (Å²) < 4.78 is 0. The molecular weight excluding hydrogens is 282 g/mol. The van der Waals surface area contributed by atoms with Gasteiger partial charge in [0.1, 0.15) is 6.04 Å². The van der Waals surface area contributed by atoms with E-state index in [4.69, 9.17) is 5.11 Å². The van der Waals surface area contributed by atoms with E-state index in [-0.39, 0.29) is 16.6 Å². The molecule has 0 bridgehead atoms. The summed E-state index contributed by atoms with van der Waals surface area (Å²) in [6.45, 7) is 6.01. The molecule has 0 saturated heterocycles. The number of hydrogen-bond acceptors (Lipinski definition) is 5. The molecule has 0 fully saturated rings. The molecule has 110 valence electrons. The second-order valence-corrected chi connectivity index (χ2v) is 5.54.